The maximum Gasteiger partial charge on any atom is 0.142 e. The predicted octanol–water partition coefficient (Wildman–Crippen LogP) is 2.37. The van der Waals surface area contributed by atoms with Crippen molar-refractivity contribution in [3.8, 4) is 5.75 Å². The van der Waals surface area contributed by atoms with E-state index in [0.29, 0.717) is 12.2 Å². The molecule has 84 valence electrons. The molecule has 0 fully saturated rings. The smallest absolute Gasteiger partial charge is 0.142 e. The minimum atomic E-state index is -0.0696. The van der Waals surface area contributed by atoms with Crippen molar-refractivity contribution in [1.29, 1.82) is 0 Å². The summed E-state index contributed by atoms with van der Waals surface area (Å²) in [6.07, 6.45) is 1.46. The Kier molecular flexibility index (Phi) is 5.58. The largest absolute Gasteiger partial charge is 0.506 e. The molecule has 0 heterocycles. The number of aromatic hydroxyl groups is 1. The fourth-order valence-electron chi connectivity index (χ4n) is 1.28. The number of hydrogen-bond acceptors (Lipinski definition) is 3. The van der Waals surface area contributed by atoms with E-state index in [0.717, 1.165) is 19.1 Å². The van der Waals surface area contributed by atoms with Crippen molar-refractivity contribution in [2.75, 3.05) is 6.61 Å². The van der Waals surface area contributed by atoms with Crippen molar-refractivity contribution < 1.29 is 10.2 Å². The van der Waals surface area contributed by atoms with Gasteiger partial charge in [0, 0.05) is 12.6 Å². The molecule has 0 radical (unpaired) electrons. The third-order valence-electron chi connectivity index (χ3n) is 2.14. The van der Waals surface area contributed by atoms with E-state index in [-0.39, 0.29) is 12.6 Å². The second kappa shape index (κ2) is 6.21. The molecule has 3 nitrogen and oxygen atoms in total. The van der Waals surface area contributed by atoms with Gasteiger partial charge in [0.1, 0.15) is 5.75 Å². The average molecular weight is 433 g/mol. The van der Waals surface area contributed by atoms with E-state index in [1.807, 2.05) is 12.1 Å². The zero-order valence-electron chi connectivity index (χ0n) is 8.08. The molecule has 15 heavy (non-hydrogen) atoms. The van der Waals surface area contributed by atoms with Crippen LogP contribution in [0.5, 0.6) is 5.75 Å². The fourth-order valence-corrected chi connectivity index (χ4v) is 3.09. The lowest BCUT2D eigenvalue weighted by Gasteiger charge is -2.13. The first-order chi connectivity index (χ1) is 7.06. The molecule has 1 rings (SSSR count). The number of halogens is 2. The molecule has 0 saturated heterocycles. The Morgan fingerprint density at radius 1 is 1.27 bits per heavy atom. The summed E-state index contributed by atoms with van der Waals surface area (Å²) in [6, 6.07) is 3.71. The van der Waals surface area contributed by atoms with Gasteiger partial charge in [0.05, 0.1) is 7.14 Å². The first-order valence-corrected chi connectivity index (χ1v) is 6.76. The number of aliphatic hydroxyl groups excluding tert-OH is 1. The monoisotopic (exact) mass is 433 g/mol. The van der Waals surface area contributed by atoms with Gasteiger partial charge in [-0.2, -0.15) is 0 Å². The molecule has 1 aromatic rings. The van der Waals surface area contributed by atoms with Crippen LogP contribution in [0.15, 0.2) is 12.1 Å². The summed E-state index contributed by atoms with van der Waals surface area (Å²) in [6.45, 7) is 0.167. The first kappa shape index (κ1) is 13.5. The summed E-state index contributed by atoms with van der Waals surface area (Å²) >= 11 is 4.17. The van der Waals surface area contributed by atoms with Gasteiger partial charge in [0.15, 0.2) is 0 Å². The molecule has 1 atom stereocenters. The molecular formula is C10H13I2NO2. The van der Waals surface area contributed by atoms with Gasteiger partial charge < -0.3 is 15.9 Å². The molecule has 0 spiro atoms. The Balaban J connectivity index is 2.86. The highest BCUT2D eigenvalue weighted by Crippen LogP contribution is 2.30. The lowest BCUT2D eigenvalue weighted by Crippen LogP contribution is -2.11. The highest BCUT2D eigenvalue weighted by atomic mass is 127. The molecule has 5 heteroatoms. The Morgan fingerprint density at radius 3 is 2.27 bits per heavy atom. The third-order valence-corrected chi connectivity index (χ3v) is 3.79. The predicted molar refractivity (Wildman–Crippen MR) is 76.8 cm³/mol. The van der Waals surface area contributed by atoms with Crippen molar-refractivity contribution in [3.63, 3.8) is 0 Å². The number of hydrogen-bond donors (Lipinski definition) is 3. The molecule has 0 amide bonds. The highest BCUT2D eigenvalue weighted by molar-refractivity contribution is 14.1. The maximum atomic E-state index is 9.59. The fraction of sp³-hybridized carbons (Fsp3) is 0.400. The SMILES string of the molecule is N[C@H](CCCO)c1cc(I)c(O)c(I)c1. The van der Waals surface area contributed by atoms with Gasteiger partial charge in [-0.05, 0) is 75.7 Å². The zero-order chi connectivity index (χ0) is 11.4. The van der Waals surface area contributed by atoms with Crippen molar-refractivity contribution >= 4 is 45.2 Å². The Bertz CT molecular complexity index is 321. The van der Waals surface area contributed by atoms with Crippen LogP contribution in [0.2, 0.25) is 0 Å². The molecule has 0 aliphatic rings. The first-order valence-electron chi connectivity index (χ1n) is 4.60. The van der Waals surface area contributed by atoms with Crippen molar-refractivity contribution in [1.82, 2.24) is 0 Å². The minimum absolute atomic E-state index is 0.0696. The molecule has 1 aromatic carbocycles. The van der Waals surface area contributed by atoms with Crippen LogP contribution >= 0.6 is 45.2 Å². The number of phenols is 1. The Hall–Kier alpha value is 0.400. The summed E-state index contributed by atoms with van der Waals surface area (Å²) in [5.74, 6) is 0.314. The van der Waals surface area contributed by atoms with Crippen LogP contribution in [0.4, 0.5) is 0 Å². The van der Waals surface area contributed by atoms with E-state index in [9.17, 15) is 5.11 Å². The summed E-state index contributed by atoms with van der Waals surface area (Å²) < 4.78 is 1.63. The number of rotatable bonds is 4. The lowest BCUT2D eigenvalue weighted by atomic mass is 10.0. The Labute approximate surface area is 116 Å². The van der Waals surface area contributed by atoms with Crippen LogP contribution in [0.25, 0.3) is 0 Å². The standard InChI is InChI=1S/C10H13I2NO2/c11-7-4-6(5-8(12)10(7)15)9(13)2-1-3-14/h4-5,9,14-15H,1-3,13H2/t9-/m1/s1. The summed E-state index contributed by atoms with van der Waals surface area (Å²) in [4.78, 5) is 0. The molecule has 4 N–H and O–H groups in total. The maximum absolute atomic E-state index is 9.59. The lowest BCUT2D eigenvalue weighted by molar-refractivity contribution is 0.280. The average Bonchev–Trinajstić information content (AvgIpc) is 2.21. The normalized spacial score (nSPS) is 12.8. The highest BCUT2D eigenvalue weighted by Gasteiger charge is 2.11. The number of aliphatic hydroxyl groups is 1. The zero-order valence-corrected chi connectivity index (χ0v) is 12.4. The molecule has 0 unspecified atom stereocenters. The van der Waals surface area contributed by atoms with E-state index >= 15 is 0 Å². The topological polar surface area (TPSA) is 66.5 Å². The van der Waals surface area contributed by atoms with Gasteiger partial charge >= 0.3 is 0 Å². The van der Waals surface area contributed by atoms with Crippen LogP contribution in [0.3, 0.4) is 0 Å². The Morgan fingerprint density at radius 2 is 1.80 bits per heavy atom. The van der Waals surface area contributed by atoms with Gasteiger partial charge in [-0.1, -0.05) is 0 Å². The van der Waals surface area contributed by atoms with Gasteiger partial charge in [0.25, 0.3) is 0 Å². The van der Waals surface area contributed by atoms with E-state index < -0.39 is 0 Å². The molecular weight excluding hydrogens is 420 g/mol. The van der Waals surface area contributed by atoms with Crippen LogP contribution < -0.4 is 5.73 Å². The quantitative estimate of drug-likeness (QED) is 0.640. The summed E-state index contributed by atoms with van der Waals surface area (Å²) in [5.41, 5.74) is 6.98. The molecule has 0 aromatic heterocycles. The summed E-state index contributed by atoms with van der Waals surface area (Å²) in [5, 5.41) is 18.3. The van der Waals surface area contributed by atoms with Gasteiger partial charge in [-0.15, -0.1) is 0 Å². The van der Waals surface area contributed by atoms with Gasteiger partial charge in [-0.3, -0.25) is 0 Å². The van der Waals surface area contributed by atoms with Crippen molar-refractivity contribution in [2.24, 2.45) is 5.73 Å². The van der Waals surface area contributed by atoms with E-state index in [1.54, 1.807) is 0 Å². The second-order valence-corrected chi connectivity index (χ2v) is 5.63. The molecule has 0 saturated carbocycles. The summed E-state index contributed by atoms with van der Waals surface area (Å²) in [7, 11) is 0. The van der Waals surface area contributed by atoms with Crippen LogP contribution in [0, 0.1) is 7.14 Å². The second-order valence-electron chi connectivity index (χ2n) is 3.31. The number of phenolic OH excluding ortho intramolecular Hbond substituents is 1. The van der Waals surface area contributed by atoms with E-state index in [1.165, 1.54) is 0 Å². The van der Waals surface area contributed by atoms with Crippen LogP contribution in [0.1, 0.15) is 24.4 Å². The third kappa shape index (κ3) is 3.72. The van der Waals surface area contributed by atoms with Gasteiger partial charge in [-0.25, -0.2) is 0 Å². The van der Waals surface area contributed by atoms with E-state index in [2.05, 4.69) is 45.2 Å². The van der Waals surface area contributed by atoms with Crippen LogP contribution in [-0.4, -0.2) is 16.8 Å². The minimum Gasteiger partial charge on any atom is -0.506 e. The van der Waals surface area contributed by atoms with Crippen LogP contribution in [-0.2, 0) is 0 Å². The van der Waals surface area contributed by atoms with Crippen molar-refractivity contribution in [3.05, 3.63) is 24.8 Å². The van der Waals surface area contributed by atoms with Crippen molar-refractivity contribution in [2.45, 2.75) is 18.9 Å². The van der Waals surface area contributed by atoms with Gasteiger partial charge in [0.2, 0.25) is 0 Å². The number of nitrogens with two attached hydrogens (primary N) is 1. The number of benzene rings is 1. The molecule has 0 bridgehead atoms. The molecule has 0 aliphatic carbocycles. The molecule has 0 aliphatic heterocycles. The van der Waals surface area contributed by atoms with E-state index in [4.69, 9.17) is 10.8 Å².